The zero-order valence-corrected chi connectivity index (χ0v) is 13.1. The molecule has 0 saturated heterocycles. The molecule has 0 spiro atoms. The lowest BCUT2D eigenvalue weighted by Gasteiger charge is -2.14. The Balaban J connectivity index is 1.95. The summed E-state index contributed by atoms with van der Waals surface area (Å²) in [5.74, 6) is -0.127. The van der Waals surface area contributed by atoms with Crippen molar-refractivity contribution in [3.05, 3.63) is 63.9 Å². The number of aromatic nitrogens is 1. The van der Waals surface area contributed by atoms with Crippen LogP contribution in [0.2, 0.25) is 0 Å². The molecule has 0 aliphatic heterocycles. The van der Waals surface area contributed by atoms with Gasteiger partial charge in [0.1, 0.15) is 5.69 Å². The van der Waals surface area contributed by atoms with Crippen LogP contribution >= 0.6 is 15.9 Å². The van der Waals surface area contributed by atoms with E-state index in [0.717, 1.165) is 16.6 Å². The quantitative estimate of drug-likeness (QED) is 0.930. The van der Waals surface area contributed by atoms with Gasteiger partial charge < -0.3 is 5.32 Å². The van der Waals surface area contributed by atoms with Crippen molar-refractivity contribution in [3.63, 3.8) is 0 Å². The monoisotopic (exact) mass is 332 g/mol. The largest absolute Gasteiger partial charge is 0.348 e. The zero-order chi connectivity index (χ0) is 14.5. The van der Waals surface area contributed by atoms with Gasteiger partial charge in [0.05, 0.1) is 0 Å². The van der Waals surface area contributed by atoms with Crippen LogP contribution in [0, 0.1) is 6.92 Å². The number of nitrogens with zero attached hydrogens (tertiary/aromatic N) is 1. The number of benzene rings is 1. The molecule has 0 bridgehead atoms. The lowest BCUT2D eigenvalue weighted by Crippen LogP contribution is -2.34. The van der Waals surface area contributed by atoms with Gasteiger partial charge in [-0.15, -0.1) is 0 Å². The Bertz CT molecular complexity index is 596. The second-order valence-electron chi connectivity index (χ2n) is 4.87. The van der Waals surface area contributed by atoms with Gasteiger partial charge in [0.25, 0.3) is 5.91 Å². The Morgan fingerprint density at radius 1 is 1.25 bits per heavy atom. The molecule has 104 valence electrons. The smallest absolute Gasteiger partial charge is 0.270 e. The molecule has 0 radical (unpaired) electrons. The van der Waals surface area contributed by atoms with E-state index in [2.05, 4.69) is 38.4 Å². The maximum atomic E-state index is 12.1. The molecule has 4 heteroatoms. The van der Waals surface area contributed by atoms with Gasteiger partial charge in [0, 0.05) is 16.2 Å². The Kier molecular flexibility index (Phi) is 4.90. The van der Waals surface area contributed by atoms with Crippen molar-refractivity contribution in [1.29, 1.82) is 0 Å². The van der Waals surface area contributed by atoms with Crippen LogP contribution in [0.1, 0.15) is 28.7 Å². The van der Waals surface area contributed by atoms with Crippen molar-refractivity contribution < 1.29 is 4.79 Å². The molecular formula is C16H17BrN2O. The van der Waals surface area contributed by atoms with Crippen LogP contribution in [0.4, 0.5) is 0 Å². The summed E-state index contributed by atoms with van der Waals surface area (Å²) in [4.78, 5) is 16.3. The fraction of sp³-hybridized carbons (Fsp3) is 0.250. The molecule has 20 heavy (non-hydrogen) atoms. The van der Waals surface area contributed by atoms with Gasteiger partial charge in [-0.1, -0.05) is 34.1 Å². The predicted octanol–water partition coefficient (Wildman–Crippen LogP) is 3.51. The Morgan fingerprint density at radius 2 is 1.95 bits per heavy atom. The van der Waals surface area contributed by atoms with E-state index in [9.17, 15) is 4.79 Å². The standard InChI is InChI=1S/C16H17BrN2O/c1-11-4-3-5-15(18-11)16(20)19-12(2)10-13-6-8-14(17)9-7-13/h3-9,12H,10H2,1-2H3,(H,19,20)/t12-/m1/s1. The van der Waals surface area contributed by atoms with E-state index < -0.39 is 0 Å². The van der Waals surface area contributed by atoms with Gasteiger partial charge in [0.15, 0.2) is 0 Å². The van der Waals surface area contributed by atoms with Crippen molar-refractivity contribution in [3.8, 4) is 0 Å². The summed E-state index contributed by atoms with van der Waals surface area (Å²) in [6.07, 6.45) is 0.796. The minimum Gasteiger partial charge on any atom is -0.348 e. The Morgan fingerprint density at radius 3 is 2.60 bits per heavy atom. The highest BCUT2D eigenvalue weighted by Crippen LogP contribution is 2.12. The second kappa shape index (κ2) is 6.66. The lowest BCUT2D eigenvalue weighted by molar-refractivity contribution is 0.0935. The number of pyridine rings is 1. The van der Waals surface area contributed by atoms with E-state index in [0.29, 0.717) is 5.69 Å². The molecule has 0 fully saturated rings. The highest BCUT2D eigenvalue weighted by atomic mass is 79.9. The number of carbonyl (C=O) groups excluding carboxylic acids is 1. The molecule has 0 unspecified atom stereocenters. The minimum atomic E-state index is -0.127. The normalized spacial score (nSPS) is 11.9. The van der Waals surface area contributed by atoms with Gasteiger partial charge >= 0.3 is 0 Å². The van der Waals surface area contributed by atoms with Crippen LogP contribution in [0.25, 0.3) is 0 Å². The van der Waals surface area contributed by atoms with E-state index >= 15 is 0 Å². The summed E-state index contributed by atoms with van der Waals surface area (Å²) in [5, 5.41) is 2.97. The summed E-state index contributed by atoms with van der Waals surface area (Å²) in [6.45, 7) is 3.87. The third kappa shape index (κ3) is 4.17. The molecule has 1 aromatic heterocycles. The number of hydrogen-bond donors (Lipinski definition) is 1. The molecule has 1 N–H and O–H groups in total. The summed E-state index contributed by atoms with van der Waals surface area (Å²) >= 11 is 3.41. The molecular weight excluding hydrogens is 316 g/mol. The average molecular weight is 333 g/mol. The molecule has 0 aliphatic rings. The number of rotatable bonds is 4. The fourth-order valence-electron chi connectivity index (χ4n) is 1.99. The van der Waals surface area contributed by atoms with Crippen molar-refractivity contribution in [2.24, 2.45) is 0 Å². The lowest BCUT2D eigenvalue weighted by atomic mass is 10.1. The van der Waals surface area contributed by atoms with Gasteiger partial charge in [-0.3, -0.25) is 4.79 Å². The van der Waals surface area contributed by atoms with Crippen LogP contribution in [0.5, 0.6) is 0 Å². The molecule has 1 amide bonds. The van der Waals surface area contributed by atoms with E-state index in [1.54, 1.807) is 6.07 Å². The van der Waals surface area contributed by atoms with Crippen LogP contribution in [0.3, 0.4) is 0 Å². The van der Waals surface area contributed by atoms with Gasteiger partial charge in [0.2, 0.25) is 0 Å². The average Bonchev–Trinajstić information content (AvgIpc) is 2.41. The molecule has 2 aromatic rings. The van der Waals surface area contributed by atoms with Crippen LogP contribution in [-0.4, -0.2) is 16.9 Å². The maximum absolute atomic E-state index is 12.1. The highest BCUT2D eigenvalue weighted by molar-refractivity contribution is 9.10. The van der Waals surface area contributed by atoms with E-state index in [1.807, 2.05) is 38.1 Å². The van der Waals surface area contributed by atoms with Gasteiger partial charge in [-0.2, -0.15) is 0 Å². The van der Waals surface area contributed by atoms with Crippen molar-refractivity contribution >= 4 is 21.8 Å². The topological polar surface area (TPSA) is 42.0 Å². The highest BCUT2D eigenvalue weighted by Gasteiger charge is 2.11. The number of aryl methyl sites for hydroxylation is 1. The van der Waals surface area contributed by atoms with Crippen LogP contribution < -0.4 is 5.32 Å². The number of hydrogen-bond acceptors (Lipinski definition) is 2. The Labute approximate surface area is 127 Å². The molecule has 3 nitrogen and oxygen atoms in total. The van der Waals surface area contributed by atoms with E-state index in [-0.39, 0.29) is 11.9 Å². The summed E-state index contributed by atoms with van der Waals surface area (Å²) in [6, 6.07) is 13.6. The molecule has 1 atom stereocenters. The predicted molar refractivity (Wildman–Crippen MR) is 83.7 cm³/mol. The first-order valence-corrected chi connectivity index (χ1v) is 7.33. The second-order valence-corrected chi connectivity index (χ2v) is 5.78. The minimum absolute atomic E-state index is 0.0611. The van der Waals surface area contributed by atoms with Crippen molar-refractivity contribution in [2.75, 3.05) is 0 Å². The molecule has 0 saturated carbocycles. The molecule has 1 heterocycles. The third-order valence-corrected chi connectivity index (χ3v) is 3.48. The number of halogens is 1. The molecule has 1 aromatic carbocycles. The maximum Gasteiger partial charge on any atom is 0.270 e. The molecule has 0 aliphatic carbocycles. The summed E-state index contributed by atoms with van der Waals surface area (Å²) in [5.41, 5.74) is 2.50. The first-order valence-electron chi connectivity index (χ1n) is 6.53. The molecule has 2 rings (SSSR count). The van der Waals surface area contributed by atoms with Crippen LogP contribution in [-0.2, 0) is 6.42 Å². The SMILES string of the molecule is Cc1cccc(C(=O)N[C@H](C)Cc2ccc(Br)cc2)n1. The Hall–Kier alpha value is -1.68. The fourth-order valence-corrected chi connectivity index (χ4v) is 2.26. The van der Waals surface area contributed by atoms with Crippen LogP contribution in [0.15, 0.2) is 46.9 Å². The first kappa shape index (κ1) is 14.7. The van der Waals surface area contributed by atoms with Crippen molar-refractivity contribution in [1.82, 2.24) is 10.3 Å². The summed E-state index contributed by atoms with van der Waals surface area (Å²) in [7, 11) is 0. The third-order valence-electron chi connectivity index (χ3n) is 2.95. The van der Waals surface area contributed by atoms with Crippen molar-refractivity contribution in [2.45, 2.75) is 26.3 Å². The zero-order valence-electron chi connectivity index (χ0n) is 11.6. The first-order chi connectivity index (χ1) is 9.54. The van der Waals surface area contributed by atoms with E-state index in [1.165, 1.54) is 5.56 Å². The number of nitrogens with one attached hydrogen (secondary N) is 1. The summed E-state index contributed by atoms with van der Waals surface area (Å²) < 4.78 is 1.06. The van der Waals surface area contributed by atoms with Gasteiger partial charge in [-0.05, 0) is 50.1 Å². The van der Waals surface area contributed by atoms with E-state index in [4.69, 9.17) is 0 Å². The number of carbonyl (C=O) groups is 1. The number of amides is 1. The van der Waals surface area contributed by atoms with Gasteiger partial charge in [-0.25, -0.2) is 4.98 Å².